The van der Waals surface area contributed by atoms with E-state index in [0.717, 1.165) is 24.1 Å². The maximum Gasteiger partial charge on any atom is 0.243 e. The highest BCUT2D eigenvalue weighted by Gasteiger charge is 2.17. The van der Waals surface area contributed by atoms with Crippen molar-refractivity contribution in [2.75, 3.05) is 18.4 Å². The number of hydrogen-bond donors (Lipinski definition) is 3. The van der Waals surface area contributed by atoms with Crippen LogP contribution in [0.25, 0.3) is 0 Å². The van der Waals surface area contributed by atoms with E-state index in [-0.39, 0.29) is 36.6 Å². The number of anilines is 1. The maximum absolute atomic E-state index is 13.2. The average Bonchev–Trinajstić information content (AvgIpc) is 2.69. The van der Waals surface area contributed by atoms with Crippen LogP contribution in [0, 0.1) is 17.6 Å². The lowest BCUT2D eigenvalue weighted by atomic mass is 9.95. The Morgan fingerprint density at radius 2 is 1.62 bits per heavy atom. The molecule has 2 aromatic rings. The second kappa shape index (κ2) is 10.7. The Bertz CT molecular complexity index is 838. The third-order valence-corrected chi connectivity index (χ3v) is 4.55. The molecule has 0 bridgehead atoms. The first-order valence-electron chi connectivity index (χ1n) is 9.64. The fourth-order valence-corrected chi connectivity index (χ4v) is 2.92. The smallest absolute Gasteiger partial charge is 0.243 e. The molecule has 2 rings (SSSR count). The van der Waals surface area contributed by atoms with Crippen LogP contribution < -0.4 is 16.0 Å². The molecule has 2 aromatic carbocycles. The number of amides is 2. The molecule has 5 nitrogen and oxygen atoms in total. The van der Waals surface area contributed by atoms with E-state index in [2.05, 4.69) is 61.0 Å². The molecule has 3 N–H and O–H groups in total. The van der Waals surface area contributed by atoms with Crippen LogP contribution in [-0.2, 0) is 16.0 Å². The zero-order valence-corrected chi connectivity index (χ0v) is 16.9. The van der Waals surface area contributed by atoms with E-state index in [1.165, 1.54) is 11.6 Å². The van der Waals surface area contributed by atoms with Crippen LogP contribution in [0.3, 0.4) is 0 Å². The van der Waals surface area contributed by atoms with Gasteiger partial charge in [-0.2, -0.15) is 0 Å². The van der Waals surface area contributed by atoms with Gasteiger partial charge >= 0.3 is 0 Å². The lowest BCUT2D eigenvalue weighted by Gasteiger charge is -2.23. The van der Waals surface area contributed by atoms with Crippen molar-refractivity contribution in [3.8, 4) is 0 Å². The van der Waals surface area contributed by atoms with Gasteiger partial charge in [-0.05, 0) is 35.6 Å². The van der Waals surface area contributed by atoms with Crippen LogP contribution >= 0.6 is 0 Å². The highest BCUT2D eigenvalue weighted by atomic mass is 19.2. The standard InChI is InChI=1S/C22H27F2N3O2/c1-4-15-5-7-16(8-6-15)22(14(2)3)26-12-20(28)25-13-21(29)27-17-9-10-18(23)19(24)11-17/h5-11,14,22,26H,4,12-13H2,1-3H3,(H,25,28)(H,27,29)/t22-/m1/s1. The number of halogens is 2. The normalized spacial score (nSPS) is 11.9. The summed E-state index contributed by atoms with van der Waals surface area (Å²) in [5.74, 6) is -2.64. The molecule has 29 heavy (non-hydrogen) atoms. The quantitative estimate of drug-likeness (QED) is 0.600. The number of hydrogen-bond acceptors (Lipinski definition) is 3. The van der Waals surface area contributed by atoms with Crippen molar-refractivity contribution in [1.82, 2.24) is 10.6 Å². The van der Waals surface area contributed by atoms with Crippen LogP contribution in [-0.4, -0.2) is 24.9 Å². The van der Waals surface area contributed by atoms with Gasteiger partial charge in [-0.3, -0.25) is 9.59 Å². The van der Waals surface area contributed by atoms with E-state index in [9.17, 15) is 18.4 Å². The van der Waals surface area contributed by atoms with Crippen LogP contribution in [0.1, 0.15) is 37.9 Å². The molecular weight excluding hydrogens is 376 g/mol. The molecule has 2 amide bonds. The molecule has 0 spiro atoms. The lowest BCUT2D eigenvalue weighted by molar-refractivity contribution is -0.123. The third-order valence-electron chi connectivity index (χ3n) is 4.55. The number of benzene rings is 2. The minimum atomic E-state index is -1.05. The Morgan fingerprint density at radius 1 is 0.931 bits per heavy atom. The van der Waals surface area contributed by atoms with Crippen LogP contribution in [0.5, 0.6) is 0 Å². The highest BCUT2D eigenvalue weighted by Crippen LogP contribution is 2.22. The van der Waals surface area contributed by atoms with Gasteiger partial charge in [-0.25, -0.2) is 8.78 Å². The van der Waals surface area contributed by atoms with Gasteiger partial charge in [-0.15, -0.1) is 0 Å². The maximum atomic E-state index is 13.2. The summed E-state index contributed by atoms with van der Waals surface area (Å²) in [5.41, 5.74) is 2.47. The van der Waals surface area contributed by atoms with Crippen molar-refractivity contribution in [1.29, 1.82) is 0 Å². The summed E-state index contributed by atoms with van der Waals surface area (Å²) in [6.45, 7) is 6.02. The van der Waals surface area contributed by atoms with Crippen molar-refractivity contribution in [3.63, 3.8) is 0 Å². The zero-order chi connectivity index (χ0) is 21.4. The molecule has 156 valence electrons. The first kappa shape index (κ1) is 22.5. The second-order valence-electron chi connectivity index (χ2n) is 7.15. The van der Waals surface area contributed by atoms with Gasteiger partial charge in [0.05, 0.1) is 13.1 Å². The van der Waals surface area contributed by atoms with Gasteiger partial charge in [0.25, 0.3) is 0 Å². The average molecular weight is 403 g/mol. The number of carbonyl (C=O) groups is 2. The van der Waals surface area contributed by atoms with E-state index in [0.29, 0.717) is 0 Å². The topological polar surface area (TPSA) is 70.2 Å². The Balaban J connectivity index is 1.82. The van der Waals surface area contributed by atoms with Crippen LogP contribution in [0.4, 0.5) is 14.5 Å². The molecule has 0 aliphatic heterocycles. The first-order valence-corrected chi connectivity index (χ1v) is 9.64. The number of aryl methyl sites for hydroxylation is 1. The van der Waals surface area contributed by atoms with Crippen molar-refractivity contribution in [2.45, 2.75) is 33.2 Å². The number of carbonyl (C=O) groups excluding carboxylic acids is 2. The first-order chi connectivity index (χ1) is 13.8. The molecule has 0 fully saturated rings. The summed E-state index contributed by atoms with van der Waals surface area (Å²) < 4.78 is 26.1. The SMILES string of the molecule is CCc1ccc([C@H](NCC(=O)NCC(=O)Nc2ccc(F)c(F)c2)C(C)C)cc1. The molecular formula is C22H27F2N3O2. The minimum absolute atomic E-state index is 0.00248. The Hall–Kier alpha value is -2.80. The fourth-order valence-electron chi connectivity index (χ4n) is 2.92. The number of rotatable bonds is 9. The van der Waals surface area contributed by atoms with Crippen molar-refractivity contribution < 1.29 is 18.4 Å². The summed E-state index contributed by atoms with van der Waals surface area (Å²) >= 11 is 0. The van der Waals surface area contributed by atoms with Gasteiger partial charge in [0.15, 0.2) is 11.6 Å². The van der Waals surface area contributed by atoms with E-state index in [1.54, 1.807) is 0 Å². The Morgan fingerprint density at radius 3 is 2.21 bits per heavy atom. The Kier molecular flexibility index (Phi) is 8.27. The molecule has 0 aromatic heterocycles. The molecule has 0 radical (unpaired) electrons. The summed E-state index contributed by atoms with van der Waals surface area (Å²) in [5, 5.41) is 8.14. The van der Waals surface area contributed by atoms with Gasteiger partial charge in [0.2, 0.25) is 11.8 Å². The van der Waals surface area contributed by atoms with Crippen LogP contribution in [0.15, 0.2) is 42.5 Å². The highest BCUT2D eigenvalue weighted by molar-refractivity contribution is 5.94. The summed E-state index contributed by atoms with van der Waals surface area (Å²) in [4.78, 5) is 24.0. The fraction of sp³-hybridized carbons (Fsp3) is 0.364. The minimum Gasteiger partial charge on any atom is -0.346 e. The van der Waals surface area contributed by atoms with E-state index >= 15 is 0 Å². The molecule has 0 aliphatic rings. The van der Waals surface area contributed by atoms with Gasteiger partial charge in [0.1, 0.15) is 0 Å². The molecule has 1 atom stereocenters. The third kappa shape index (κ3) is 6.94. The van der Waals surface area contributed by atoms with Crippen molar-refractivity contribution in [2.24, 2.45) is 5.92 Å². The molecule has 0 aliphatic carbocycles. The largest absolute Gasteiger partial charge is 0.346 e. The van der Waals surface area contributed by atoms with E-state index < -0.39 is 17.5 Å². The molecule has 0 saturated heterocycles. The van der Waals surface area contributed by atoms with Gasteiger partial charge in [0, 0.05) is 17.8 Å². The molecule has 0 saturated carbocycles. The zero-order valence-electron chi connectivity index (χ0n) is 16.9. The molecule has 0 unspecified atom stereocenters. The monoisotopic (exact) mass is 403 g/mol. The summed E-state index contributed by atoms with van der Waals surface area (Å²) in [6, 6.07) is 11.3. The second-order valence-corrected chi connectivity index (χ2v) is 7.15. The summed E-state index contributed by atoms with van der Waals surface area (Å²) in [7, 11) is 0. The predicted octanol–water partition coefficient (Wildman–Crippen LogP) is 3.57. The van der Waals surface area contributed by atoms with Gasteiger partial charge in [-0.1, -0.05) is 45.0 Å². The lowest BCUT2D eigenvalue weighted by Crippen LogP contribution is -2.40. The summed E-state index contributed by atoms with van der Waals surface area (Å²) in [6.07, 6.45) is 0.967. The van der Waals surface area contributed by atoms with Crippen LogP contribution in [0.2, 0.25) is 0 Å². The number of nitrogens with one attached hydrogen (secondary N) is 3. The van der Waals surface area contributed by atoms with Crippen molar-refractivity contribution in [3.05, 3.63) is 65.2 Å². The Labute approximate surface area is 169 Å². The van der Waals surface area contributed by atoms with Crippen molar-refractivity contribution >= 4 is 17.5 Å². The predicted molar refractivity (Wildman–Crippen MR) is 109 cm³/mol. The molecule has 7 heteroatoms. The van der Waals surface area contributed by atoms with E-state index in [4.69, 9.17) is 0 Å². The van der Waals surface area contributed by atoms with E-state index in [1.807, 2.05) is 0 Å². The molecule has 0 heterocycles. The van der Waals surface area contributed by atoms with Gasteiger partial charge < -0.3 is 16.0 Å².